The lowest BCUT2D eigenvalue weighted by atomic mass is 9.83. The van der Waals surface area contributed by atoms with Gasteiger partial charge in [-0.1, -0.05) is 30.3 Å². The zero-order valence-electron chi connectivity index (χ0n) is 20.1. The van der Waals surface area contributed by atoms with E-state index in [4.69, 9.17) is 4.74 Å². The van der Waals surface area contributed by atoms with E-state index in [2.05, 4.69) is 71.4 Å². The summed E-state index contributed by atoms with van der Waals surface area (Å²) >= 11 is 7.14. The van der Waals surface area contributed by atoms with Gasteiger partial charge in [0, 0.05) is 40.0 Å². The predicted octanol–water partition coefficient (Wildman–Crippen LogP) is 7.36. The molecule has 0 spiro atoms. The summed E-state index contributed by atoms with van der Waals surface area (Å²) in [6.45, 7) is 7.06. The fourth-order valence-electron chi connectivity index (χ4n) is 5.39. The number of piperidine rings is 3. The second kappa shape index (κ2) is 11.1. The van der Waals surface area contributed by atoms with Crippen LogP contribution in [-0.2, 0) is 11.3 Å². The van der Waals surface area contributed by atoms with Gasteiger partial charge in [-0.25, -0.2) is 4.79 Å². The number of thioether (sulfide) groups is 1. The first-order chi connectivity index (χ1) is 17.0. The molecule has 4 heterocycles. The number of fused-ring (bicyclic) bond motifs is 3. The number of hydrogen-bond acceptors (Lipinski definition) is 4. The van der Waals surface area contributed by atoms with Gasteiger partial charge in [0.15, 0.2) is 6.10 Å². The molecule has 4 nitrogen and oxygen atoms in total. The van der Waals surface area contributed by atoms with Gasteiger partial charge < -0.3 is 9.22 Å². The van der Waals surface area contributed by atoms with Crippen LogP contribution in [0.5, 0.6) is 0 Å². The Kier molecular flexibility index (Phi) is 7.87. The van der Waals surface area contributed by atoms with Crippen LogP contribution in [-0.4, -0.2) is 48.6 Å². The summed E-state index contributed by atoms with van der Waals surface area (Å²) in [5.41, 5.74) is 2.03. The van der Waals surface area contributed by atoms with Crippen molar-refractivity contribution in [2.45, 2.75) is 37.3 Å². The van der Waals surface area contributed by atoms with Crippen molar-refractivity contribution in [3.05, 3.63) is 81.0 Å². The molecular formula is C28H32BrN2O2S2+. The molecule has 1 atom stereocenters. The fourth-order valence-corrected chi connectivity index (χ4v) is 7.92. The lowest BCUT2D eigenvalue weighted by Gasteiger charge is -2.52. The second-order valence-electron chi connectivity index (χ2n) is 9.75. The quantitative estimate of drug-likeness (QED) is 0.209. The molecule has 1 amide bonds. The van der Waals surface area contributed by atoms with E-state index < -0.39 is 0 Å². The number of rotatable bonds is 8. The number of nitrogens with zero attached hydrogens (tertiary/aromatic N) is 2. The minimum atomic E-state index is -0.226. The summed E-state index contributed by atoms with van der Waals surface area (Å²) in [5.74, 6) is 1.58. The lowest BCUT2D eigenvalue weighted by Crippen LogP contribution is -2.65. The number of carbonyl (C=O) groups is 1. The van der Waals surface area contributed by atoms with Gasteiger partial charge in [-0.3, -0.25) is 4.90 Å². The fraction of sp³-hybridized carbons (Fsp3) is 0.393. The van der Waals surface area contributed by atoms with E-state index in [1.807, 2.05) is 30.0 Å². The van der Waals surface area contributed by atoms with E-state index in [0.29, 0.717) is 12.5 Å². The van der Waals surface area contributed by atoms with Crippen molar-refractivity contribution < 1.29 is 14.0 Å². The molecule has 2 bridgehead atoms. The number of quaternary nitrogens is 1. The normalized spacial score (nSPS) is 23.3. The summed E-state index contributed by atoms with van der Waals surface area (Å²) in [5, 5.41) is 0. The third-order valence-corrected chi connectivity index (χ3v) is 9.95. The van der Waals surface area contributed by atoms with E-state index >= 15 is 0 Å². The lowest BCUT2D eigenvalue weighted by molar-refractivity contribution is -0.943. The number of aryl methyl sites for hydroxylation is 1. The third-order valence-electron chi connectivity index (χ3n) is 7.35. The van der Waals surface area contributed by atoms with Crippen molar-refractivity contribution in [3.63, 3.8) is 0 Å². The first-order valence-corrected chi connectivity index (χ1v) is 14.9. The zero-order valence-corrected chi connectivity index (χ0v) is 23.3. The summed E-state index contributed by atoms with van der Waals surface area (Å²) in [6, 6.07) is 22.9. The number of benzene rings is 2. The highest BCUT2D eigenvalue weighted by molar-refractivity contribution is 9.11. The van der Waals surface area contributed by atoms with Crippen LogP contribution in [0, 0.1) is 12.8 Å². The highest BCUT2D eigenvalue weighted by atomic mass is 79.9. The summed E-state index contributed by atoms with van der Waals surface area (Å²) in [6.07, 6.45) is 2.07. The highest BCUT2D eigenvalue weighted by Crippen LogP contribution is 2.37. The topological polar surface area (TPSA) is 29.5 Å². The molecule has 0 radical (unpaired) electrons. The van der Waals surface area contributed by atoms with Crippen molar-refractivity contribution in [1.82, 2.24) is 0 Å². The smallest absolute Gasteiger partial charge is 0.415 e. The van der Waals surface area contributed by atoms with E-state index in [1.165, 1.54) is 18.0 Å². The monoisotopic (exact) mass is 571 g/mol. The van der Waals surface area contributed by atoms with Gasteiger partial charge in [0.05, 0.1) is 30.0 Å². The Morgan fingerprint density at radius 1 is 1.11 bits per heavy atom. The van der Waals surface area contributed by atoms with E-state index in [0.717, 1.165) is 56.1 Å². The maximum absolute atomic E-state index is 13.6. The van der Waals surface area contributed by atoms with Gasteiger partial charge in [-0.05, 0) is 64.8 Å². The first kappa shape index (κ1) is 24.9. The van der Waals surface area contributed by atoms with Gasteiger partial charge in [-0.2, -0.15) is 0 Å². The molecule has 6 rings (SSSR count). The minimum absolute atomic E-state index is 0.00546. The van der Waals surface area contributed by atoms with Crippen molar-refractivity contribution >= 4 is 50.8 Å². The van der Waals surface area contributed by atoms with Crippen molar-refractivity contribution in [1.29, 1.82) is 0 Å². The number of anilines is 1. The SMILES string of the molecule is Cc1cccc(N(Cc2ccc(Br)s2)C(=O)O[C@H]2C[N+]3(CCSc4ccccc4)CCC2CC3)c1. The van der Waals surface area contributed by atoms with Gasteiger partial charge in [0.1, 0.15) is 6.54 Å². The average Bonchev–Trinajstić information content (AvgIpc) is 3.28. The maximum atomic E-state index is 13.6. The summed E-state index contributed by atoms with van der Waals surface area (Å²) < 4.78 is 8.46. The molecule has 35 heavy (non-hydrogen) atoms. The summed E-state index contributed by atoms with van der Waals surface area (Å²) in [7, 11) is 0. The molecule has 3 aliphatic heterocycles. The van der Waals surface area contributed by atoms with Gasteiger partial charge in [0.25, 0.3) is 0 Å². The number of carbonyl (C=O) groups excluding carboxylic acids is 1. The van der Waals surface area contributed by atoms with Crippen molar-refractivity contribution in [2.24, 2.45) is 5.92 Å². The molecule has 184 valence electrons. The molecule has 7 heteroatoms. The molecule has 3 aromatic rings. The largest absolute Gasteiger partial charge is 0.440 e. The van der Waals surface area contributed by atoms with Gasteiger partial charge >= 0.3 is 6.09 Å². The molecule has 3 aliphatic rings. The Morgan fingerprint density at radius 2 is 1.91 bits per heavy atom. The van der Waals surface area contributed by atoms with E-state index in [1.54, 1.807) is 16.2 Å². The molecule has 3 saturated heterocycles. The van der Waals surface area contributed by atoms with Crippen LogP contribution >= 0.6 is 39.0 Å². The van der Waals surface area contributed by atoms with Gasteiger partial charge in [0.2, 0.25) is 0 Å². The number of ether oxygens (including phenoxy) is 1. The minimum Gasteiger partial charge on any atom is -0.440 e. The molecular weight excluding hydrogens is 540 g/mol. The highest BCUT2D eigenvalue weighted by Gasteiger charge is 2.47. The van der Waals surface area contributed by atoms with Crippen LogP contribution in [0.15, 0.2) is 75.4 Å². The number of halogens is 1. The van der Waals surface area contributed by atoms with Crippen LogP contribution < -0.4 is 4.90 Å². The first-order valence-electron chi connectivity index (χ1n) is 12.3. The molecule has 1 aromatic heterocycles. The maximum Gasteiger partial charge on any atom is 0.415 e. The predicted molar refractivity (Wildman–Crippen MR) is 149 cm³/mol. The molecule has 0 N–H and O–H groups in total. The Balaban J connectivity index is 1.26. The van der Waals surface area contributed by atoms with Crippen LogP contribution in [0.25, 0.3) is 0 Å². The Hall–Kier alpha value is -1.80. The standard InChI is InChI=1S/C28H32BrN2O2S2/c1-21-6-5-7-23(18-21)30(19-25-10-11-27(29)35-25)28(32)33-26-20-31(14-12-22(26)13-15-31)16-17-34-24-8-3-2-4-9-24/h2-11,18,22,26H,12-17,19-20H2,1H3/q+1/t22?,26-,31?/m0/s1. The number of amides is 1. The molecule has 0 unspecified atom stereocenters. The Morgan fingerprint density at radius 3 is 2.63 bits per heavy atom. The Bertz CT molecular complexity index is 1140. The Labute approximate surface area is 225 Å². The molecule has 3 fully saturated rings. The molecule has 2 aromatic carbocycles. The number of thiophene rings is 1. The van der Waals surface area contributed by atoms with Crippen LogP contribution in [0.1, 0.15) is 23.3 Å². The summed E-state index contributed by atoms with van der Waals surface area (Å²) in [4.78, 5) is 17.9. The molecule has 0 aliphatic carbocycles. The second-order valence-corrected chi connectivity index (χ2v) is 13.5. The third kappa shape index (κ3) is 6.13. The van der Waals surface area contributed by atoms with Crippen LogP contribution in [0.4, 0.5) is 10.5 Å². The van der Waals surface area contributed by atoms with E-state index in [9.17, 15) is 4.79 Å². The number of hydrogen-bond donors (Lipinski definition) is 0. The van der Waals surface area contributed by atoms with Crippen LogP contribution in [0.2, 0.25) is 0 Å². The molecule has 0 saturated carbocycles. The van der Waals surface area contributed by atoms with Crippen molar-refractivity contribution in [3.8, 4) is 0 Å². The van der Waals surface area contributed by atoms with Crippen molar-refractivity contribution in [2.75, 3.05) is 36.8 Å². The van der Waals surface area contributed by atoms with E-state index in [-0.39, 0.29) is 12.2 Å². The van der Waals surface area contributed by atoms with Crippen LogP contribution in [0.3, 0.4) is 0 Å². The average molecular weight is 573 g/mol. The zero-order chi connectivity index (χ0) is 24.3. The van der Waals surface area contributed by atoms with Gasteiger partial charge in [-0.15, -0.1) is 23.1 Å².